The van der Waals surface area contributed by atoms with Gasteiger partial charge in [0.05, 0.1) is 6.54 Å². The second-order valence-corrected chi connectivity index (χ2v) is 6.78. The summed E-state index contributed by atoms with van der Waals surface area (Å²) in [6.45, 7) is 2.07. The second-order valence-electron chi connectivity index (χ2n) is 6.35. The number of carbonyl (C=O) groups is 2. The van der Waals surface area contributed by atoms with E-state index in [9.17, 15) is 9.59 Å². The Labute approximate surface area is 159 Å². The van der Waals surface area contributed by atoms with Crippen LogP contribution < -0.4 is 10.6 Å². The molecule has 0 aliphatic rings. The fourth-order valence-corrected chi connectivity index (χ4v) is 2.54. The van der Waals surface area contributed by atoms with Crippen molar-refractivity contribution in [3.63, 3.8) is 0 Å². The standard InChI is InChI=1S/C20H24ClN3O2/c1-14-4-8-16(21)12-18(14)23-19(25)13-22-17-9-5-15(6-10-17)7-11-20(26)24(2)3/h4-6,8-10,12,22H,7,11,13H2,1-3H3,(H,23,25). The fourth-order valence-electron chi connectivity index (χ4n) is 2.37. The molecule has 2 amide bonds. The predicted molar refractivity (Wildman–Crippen MR) is 107 cm³/mol. The summed E-state index contributed by atoms with van der Waals surface area (Å²) in [6.07, 6.45) is 1.19. The quantitative estimate of drug-likeness (QED) is 0.777. The third kappa shape index (κ3) is 6.08. The van der Waals surface area contributed by atoms with Crippen LogP contribution in [0.1, 0.15) is 17.5 Å². The number of amides is 2. The van der Waals surface area contributed by atoms with Crippen molar-refractivity contribution in [2.75, 3.05) is 31.3 Å². The summed E-state index contributed by atoms with van der Waals surface area (Å²) in [6, 6.07) is 13.1. The number of hydrogen-bond acceptors (Lipinski definition) is 3. The van der Waals surface area contributed by atoms with Gasteiger partial charge < -0.3 is 15.5 Å². The molecule has 138 valence electrons. The minimum Gasteiger partial charge on any atom is -0.376 e. The Morgan fingerprint density at radius 2 is 1.77 bits per heavy atom. The van der Waals surface area contributed by atoms with Crippen molar-refractivity contribution < 1.29 is 9.59 Å². The van der Waals surface area contributed by atoms with Crippen LogP contribution in [0.4, 0.5) is 11.4 Å². The van der Waals surface area contributed by atoms with Crippen molar-refractivity contribution >= 4 is 34.8 Å². The first-order valence-electron chi connectivity index (χ1n) is 8.44. The maximum atomic E-state index is 12.1. The van der Waals surface area contributed by atoms with Gasteiger partial charge in [-0.1, -0.05) is 29.8 Å². The molecule has 2 N–H and O–H groups in total. The Morgan fingerprint density at radius 1 is 1.08 bits per heavy atom. The van der Waals surface area contributed by atoms with E-state index in [1.165, 1.54) is 0 Å². The van der Waals surface area contributed by atoms with Crippen LogP contribution in [0.2, 0.25) is 5.02 Å². The van der Waals surface area contributed by atoms with Crippen molar-refractivity contribution in [3.8, 4) is 0 Å². The summed E-state index contributed by atoms with van der Waals surface area (Å²) in [5, 5.41) is 6.52. The Bertz CT molecular complexity index is 773. The Morgan fingerprint density at radius 3 is 2.42 bits per heavy atom. The molecule has 0 bridgehead atoms. The van der Waals surface area contributed by atoms with E-state index in [1.54, 1.807) is 31.1 Å². The SMILES string of the molecule is Cc1ccc(Cl)cc1NC(=O)CNc1ccc(CCC(=O)N(C)C)cc1. The molecule has 0 saturated heterocycles. The first-order valence-corrected chi connectivity index (χ1v) is 8.82. The van der Waals surface area contributed by atoms with E-state index >= 15 is 0 Å². The molecule has 0 heterocycles. The van der Waals surface area contributed by atoms with Gasteiger partial charge >= 0.3 is 0 Å². The van der Waals surface area contributed by atoms with E-state index < -0.39 is 0 Å². The highest BCUT2D eigenvalue weighted by Crippen LogP contribution is 2.20. The van der Waals surface area contributed by atoms with E-state index in [-0.39, 0.29) is 18.4 Å². The lowest BCUT2D eigenvalue weighted by Crippen LogP contribution is -2.22. The third-order valence-electron chi connectivity index (χ3n) is 4.01. The summed E-state index contributed by atoms with van der Waals surface area (Å²) in [5.41, 5.74) is 3.61. The minimum absolute atomic E-state index is 0.111. The van der Waals surface area contributed by atoms with E-state index in [4.69, 9.17) is 11.6 Å². The van der Waals surface area contributed by atoms with Gasteiger partial charge in [-0.05, 0) is 48.7 Å². The molecule has 0 aliphatic heterocycles. The summed E-state index contributed by atoms with van der Waals surface area (Å²) < 4.78 is 0. The normalized spacial score (nSPS) is 10.3. The topological polar surface area (TPSA) is 61.4 Å². The first-order chi connectivity index (χ1) is 12.3. The van der Waals surface area contributed by atoms with Crippen LogP contribution in [0.25, 0.3) is 0 Å². The zero-order valence-electron chi connectivity index (χ0n) is 15.3. The van der Waals surface area contributed by atoms with Crippen molar-refractivity contribution in [1.29, 1.82) is 0 Å². The van der Waals surface area contributed by atoms with E-state index in [0.717, 1.165) is 16.8 Å². The number of benzene rings is 2. The average Bonchev–Trinajstić information content (AvgIpc) is 2.61. The van der Waals surface area contributed by atoms with Crippen molar-refractivity contribution in [3.05, 3.63) is 58.6 Å². The van der Waals surface area contributed by atoms with Crippen LogP contribution in [0.5, 0.6) is 0 Å². The number of carbonyl (C=O) groups excluding carboxylic acids is 2. The molecule has 0 atom stereocenters. The highest BCUT2D eigenvalue weighted by Gasteiger charge is 2.07. The number of halogens is 1. The van der Waals surface area contributed by atoms with Crippen LogP contribution >= 0.6 is 11.6 Å². The number of aryl methyl sites for hydroxylation is 2. The molecule has 26 heavy (non-hydrogen) atoms. The maximum Gasteiger partial charge on any atom is 0.243 e. The molecule has 2 aromatic carbocycles. The average molecular weight is 374 g/mol. The summed E-state index contributed by atoms with van der Waals surface area (Å²) in [4.78, 5) is 25.3. The number of hydrogen-bond donors (Lipinski definition) is 2. The molecule has 0 aromatic heterocycles. The molecule has 0 spiro atoms. The number of rotatable bonds is 7. The summed E-state index contributed by atoms with van der Waals surface area (Å²) in [5.74, 6) is -0.0313. The number of nitrogens with zero attached hydrogens (tertiary/aromatic N) is 1. The van der Waals surface area contributed by atoms with E-state index in [0.29, 0.717) is 23.6 Å². The molecule has 2 rings (SSSR count). The molecule has 5 nitrogen and oxygen atoms in total. The highest BCUT2D eigenvalue weighted by atomic mass is 35.5. The first kappa shape index (κ1) is 19.8. The van der Waals surface area contributed by atoms with Gasteiger partial charge in [0.1, 0.15) is 0 Å². The maximum absolute atomic E-state index is 12.1. The summed E-state index contributed by atoms with van der Waals surface area (Å²) in [7, 11) is 3.51. The molecule has 2 aromatic rings. The molecule has 0 aliphatic carbocycles. The van der Waals surface area contributed by atoms with Gasteiger partial charge in [-0.15, -0.1) is 0 Å². The van der Waals surface area contributed by atoms with Crippen LogP contribution in [-0.2, 0) is 16.0 Å². The van der Waals surface area contributed by atoms with Crippen LogP contribution in [-0.4, -0.2) is 37.4 Å². The lowest BCUT2D eigenvalue weighted by atomic mass is 10.1. The predicted octanol–water partition coefficient (Wildman–Crippen LogP) is 3.72. The third-order valence-corrected chi connectivity index (χ3v) is 4.24. The number of nitrogens with one attached hydrogen (secondary N) is 2. The molecular weight excluding hydrogens is 350 g/mol. The largest absolute Gasteiger partial charge is 0.376 e. The van der Waals surface area contributed by atoms with Gasteiger partial charge in [-0.2, -0.15) is 0 Å². The number of anilines is 2. The second kappa shape index (κ2) is 9.25. The van der Waals surface area contributed by atoms with Crippen LogP contribution in [0.3, 0.4) is 0 Å². The van der Waals surface area contributed by atoms with Crippen molar-refractivity contribution in [2.45, 2.75) is 19.8 Å². The molecule has 0 saturated carbocycles. The lowest BCUT2D eigenvalue weighted by molar-refractivity contribution is -0.128. The molecule has 6 heteroatoms. The van der Waals surface area contributed by atoms with E-state index in [2.05, 4.69) is 10.6 Å². The van der Waals surface area contributed by atoms with Gasteiger partial charge in [-0.25, -0.2) is 0 Å². The van der Waals surface area contributed by atoms with Gasteiger partial charge in [-0.3, -0.25) is 9.59 Å². The van der Waals surface area contributed by atoms with E-state index in [1.807, 2.05) is 37.3 Å². The minimum atomic E-state index is -0.143. The van der Waals surface area contributed by atoms with Crippen LogP contribution in [0, 0.1) is 6.92 Å². The lowest BCUT2D eigenvalue weighted by Gasteiger charge is -2.11. The smallest absolute Gasteiger partial charge is 0.243 e. The molecule has 0 fully saturated rings. The van der Waals surface area contributed by atoms with Gasteiger partial charge in [0.25, 0.3) is 0 Å². The molecular formula is C20H24ClN3O2. The van der Waals surface area contributed by atoms with Gasteiger partial charge in [0.15, 0.2) is 0 Å². The monoisotopic (exact) mass is 373 g/mol. The fraction of sp³-hybridized carbons (Fsp3) is 0.300. The van der Waals surface area contributed by atoms with Crippen molar-refractivity contribution in [1.82, 2.24) is 4.90 Å². The zero-order chi connectivity index (χ0) is 19.1. The Hall–Kier alpha value is -2.53. The van der Waals surface area contributed by atoms with Crippen molar-refractivity contribution in [2.24, 2.45) is 0 Å². The summed E-state index contributed by atoms with van der Waals surface area (Å²) >= 11 is 5.96. The highest BCUT2D eigenvalue weighted by molar-refractivity contribution is 6.31. The zero-order valence-corrected chi connectivity index (χ0v) is 16.1. The van der Waals surface area contributed by atoms with Gasteiger partial charge in [0.2, 0.25) is 11.8 Å². The van der Waals surface area contributed by atoms with Gasteiger partial charge in [0, 0.05) is 36.9 Å². The molecule has 0 radical (unpaired) electrons. The Balaban J connectivity index is 1.82. The molecule has 0 unspecified atom stereocenters. The Kier molecular flexibility index (Phi) is 7.04. The van der Waals surface area contributed by atoms with Crippen LogP contribution in [0.15, 0.2) is 42.5 Å².